The Morgan fingerprint density at radius 2 is 1.80 bits per heavy atom. The first kappa shape index (κ1) is 13.9. The van der Waals surface area contributed by atoms with Gasteiger partial charge in [0.25, 0.3) is 0 Å². The van der Waals surface area contributed by atoms with Gasteiger partial charge < -0.3 is 15.2 Å². The molecule has 104 valence electrons. The van der Waals surface area contributed by atoms with Crippen molar-refractivity contribution in [2.45, 2.75) is 13.8 Å². The van der Waals surface area contributed by atoms with Gasteiger partial charge in [0, 0.05) is 11.4 Å². The van der Waals surface area contributed by atoms with Crippen LogP contribution in [-0.2, 0) is 0 Å². The number of carbonyl (C=O) groups is 1. The fourth-order valence-electron chi connectivity index (χ4n) is 1.95. The Labute approximate surface area is 118 Å². The molecular formula is C16H17NO3. The van der Waals surface area contributed by atoms with E-state index < -0.39 is 5.97 Å². The summed E-state index contributed by atoms with van der Waals surface area (Å²) in [4.78, 5) is 11.0. The number of hydrogen-bond donors (Lipinski definition) is 2. The molecule has 0 heterocycles. The molecular weight excluding hydrogens is 254 g/mol. The minimum absolute atomic E-state index is 0.322. The molecule has 20 heavy (non-hydrogen) atoms. The first-order chi connectivity index (χ1) is 9.60. The van der Waals surface area contributed by atoms with E-state index in [1.807, 2.05) is 37.3 Å². The van der Waals surface area contributed by atoms with Crippen LogP contribution in [0.3, 0.4) is 0 Å². The van der Waals surface area contributed by atoms with Crippen LogP contribution in [0.2, 0.25) is 0 Å². The van der Waals surface area contributed by atoms with E-state index in [4.69, 9.17) is 9.84 Å². The van der Waals surface area contributed by atoms with Crippen LogP contribution in [0.1, 0.15) is 22.8 Å². The average Bonchev–Trinajstić information content (AvgIpc) is 2.41. The standard InChI is InChI=1S/C16H17NO3/c1-3-20-14-7-4-12(5-8-14)17-13-6-9-15(16(18)19)11(2)10-13/h4-10,17H,3H2,1-2H3,(H,18,19). The minimum atomic E-state index is -0.907. The van der Waals surface area contributed by atoms with Gasteiger partial charge in [-0.2, -0.15) is 0 Å². The van der Waals surface area contributed by atoms with Crippen molar-refractivity contribution in [3.8, 4) is 5.75 Å². The molecule has 0 aliphatic heterocycles. The third-order valence-corrected chi connectivity index (χ3v) is 2.91. The molecule has 2 rings (SSSR count). The molecule has 0 spiro atoms. The Bertz CT molecular complexity index is 606. The lowest BCUT2D eigenvalue weighted by Gasteiger charge is -2.10. The zero-order chi connectivity index (χ0) is 14.5. The Morgan fingerprint density at radius 3 is 2.35 bits per heavy atom. The summed E-state index contributed by atoms with van der Waals surface area (Å²) in [6, 6.07) is 12.8. The quantitative estimate of drug-likeness (QED) is 0.867. The van der Waals surface area contributed by atoms with Gasteiger partial charge in [-0.15, -0.1) is 0 Å². The van der Waals surface area contributed by atoms with Crippen LogP contribution < -0.4 is 10.1 Å². The first-order valence-corrected chi connectivity index (χ1v) is 6.44. The molecule has 0 aliphatic rings. The average molecular weight is 271 g/mol. The van der Waals surface area contributed by atoms with Crippen LogP contribution in [-0.4, -0.2) is 17.7 Å². The third-order valence-electron chi connectivity index (χ3n) is 2.91. The molecule has 0 saturated carbocycles. The number of hydrogen-bond acceptors (Lipinski definition) is 3. The summed E-state index contributed by atoms with van der Waals surface area (Å²) in [6.45, 7) is 4.37. The van der Waals surface area contributed by atoms with Gasteiger partial charge in [-0.25, -0.2) is 4.79 Å². The molecule has 0 fully saturated rings. The van der Waals surface area contributed by atoms with E-state index >= 15 is 0 Å². The topological polar surface area (TPSA) is 58.6 Å². The lowest BCUT2D eigenvalue weighted by Crippen LogP contribution is -2.00. The molecule has 0 saturated heterocycles. The Kier molecular flexibility index (Phi) is 4.25. The van der Waals surface area contributed by atoms with Crippen LogP contribution in [0.4, 0.5) is 11.4 Å². The fraction of sp³-hybridized carbons (Fsp3) is 0.188. The van der Waals surface area contributed by atoms with E-state index in [9.17, 15) is 4.79 Å². The molecule has 0 atom stereocenters. The van der Waals surface area contributed by atoms with Gasteiger partial charge in [0.2, 0.25) is 0 Å². The molecule has 2 aromatic carbocycles. The van der Waals surface area contributed by atoms with Crippen molar-refractivity contribution in [1.29, 1.82) is 0 Å². The number of rotatable bonds is 5. The van der Waals surface area contributed by atoms with Gasteiger partial charge in [0.1, 0.15) is 5.75 Å². The summed E-state index contributed by atoms with van der Waals surface area (Å²) in [6.07, 6.45) is 0. The Hall–Kier alpha value is -2.49. The van der Waals surface area contributed by atoms with Gasteiger partial charge >= 0.3 is 5.97 Å². The van der Waals surface area contributed by atoms with Gasteiger partial charge in [0.05, 0.1) is 12.2 Å². The summed E-state index contributed by atoms with van der Waals surface area (Å²) in [7, 11) is 0. The van der Waals surface area contributed by atoms with Crippen molar-refractivity contribution in [2.75, 3.05) is 11.9 Å². The number of benzene rings is 2. The van der Waals surface area contributed by atoms with Gasteiger partial charge in [-0.05, 0) is 61.9 Å². The predicted molar refractivity (Wildman–Crippen MR) is 79.0 cm³/mol. The van der Waals surface area contributed by atoms with E-state index in [0.29, 0.717) is 12.2 Å². The highest BCUT2D eigenvalue weighted by molar-refractivity contribution is 5.90. The second kappa shape index (κ2) is 6.10. The van der Waals surface area contributed by atoms with E-state index in [-0.39, 0.29) is 0 Å². The predicted octanol–water partition coefficient (Wildman–Crippen LogP) is 3.84. The zero-order valence-corrected chi connectivity index (χ0v) is 11.5. The molecule has 0 amide bonds. The lowest BCUT2D eigenvalue weighted by molar-refractivity contribution is 0.0696. The maximum Gasteiger partial charge on any atom is 0.335 e. The molecule has 0 bridgehead atoms. The van der Waals surface area contributed by atoms with Crippen LogP contribution in [0.25, 0.3) is 0 Å². The van der Waals surface area contributed by atoms with Gasteiger partial charge in [0.15, 0.2) is 0 Å². The Balaban J connectivity index is 2.13. The van der Waals surface area contributed by atoms with Gasteiger partial charge in [-0.3, -0.25) is 0 Å². The molecule has 4 heteroatoms. The zero-order valence-electron chi connectivity index (χ0n) is 11.5. The molecule has 0 aromatic heterocycles. The minimum Gasteiger partial charge on any atom is -0.494 e. The molecule has 0 radical (unpaired) electrons. The summed E-state index contributed by atoms with van der Waals surface area (Å²) in [5.41, 5.74) is 2.84. The number of nitrogens with one attached hydrogen (secondary N) is 1. The summed E-state index contributed by atoms with van der Waals surface area (Å²) in [5, 5.41) is 12.2. The molecule has 2 aromatic rings. The number of carboxylic acid groups (broad SMARTS) is 1. The highest BCUT2D eigenvalue weighted by Gasteiger charge is 2.07. The van der Waals surface area contributed by atoms with E-state index in [1.54, 1.807) is 19.1 Å². The van der Waals surface area contributed by atoms with E-state index in [0.717, 1.165) is 22.7 Å². The van der Waals surface area contributed by atoms with E-state index in [1.165, 1.54) is 0 Å². The number of aromatic carboxylic acids is 1. The fourth-order valence-corrected chi connectivity index (χ4v) is 1.95. The largest absolute Gasteiger partial charge is 0.494 e. The monoisotopic (exact) mass is 271 g/mol. The molecule has 0 unspecified atom stereocenters. The normalized spacial score (nSPS) is 10.1. The number of anilines is 2. The van der Waals surface area contributed by atoms with Crippen molar-refractivity contribution in [1.82, 2.24) is 0 Å². The maximum absolute atomic E-state index is 11.0. The molecule has 0 aliphatic carbocycles. The first-order valence-electron chi connectivity index (χ1n) is 6.44. The third kappa shape index (κ3) is 3.29. The SMILES string of the molecule is CCOc1ccc(Nc2ccc(C(=O)O)c(C)c2)cc1. The van der Waals surface area contributed by atoms with E-state index in [2.05, 4.69) is 5.32 Å². The maximum atomic E-state index is 11.0. The van der Waals surface area contributed by atoms with Crippen molar-refractivity contribution in [3.63, 3.8) is 0 Å². The van der Waals surface area contributed by atoms with Crippen LogP contribution in [0.15, 0.2) is 42.5 Å². The summed E-state index contributed by atoms with van der Waals surface area (Å²) in [5.74, 6) is -0.0782. The van der Waals surface area contributed by atoms with Crippen molar-refractivity contribution in [3.05, 3.63) is 53.6 Å². The number of ether oxygens (including phenoxy) is 1. The smallest absolute Gasteiger partial charge is 0.335 e. The van der Waals surface area contributed by atoms with Crippen molar-refractivity contribution < 1.29 is 14.6 Å². The Morgan fingerprint density at radius 1 is 1.15 bits per heavy atom. The highest BCUT2D eigenvalue weighted by atomic mass is 16.5. The van der Waals surface area contributed by atoms with Crippen LogP contribution in [0.5, 0.6) is 5.75 Å². The molecule has 4 nitrogen and oxygen atoms in total. The molecule has 2 N–H and O–H groups in total. The van der Waals surface area contributed by atoms with Crippen molar-refractivity contribution in [2.24, 2.45) is 0 Å². The van der Waals surface area contributed by atoms with Crippen LogP contribution >= 0.6 is 0 Å². The van der Waals surface area contributed by atoms with Gasteiger partial charge in [-0.1, -0.05) is 0 Å². The lowest BCUT2D eigenvalue weighted by atomic mass is 10.1. The second-order valence-corrected chi connectivity index (χ2v) is 4.42. The second-order valence-electron chi connectivity index (χ2n) is 4.42. The highest BCUT2D eigenvalue weighted by Crippen LogP contribution is 2.22. The summed E-state index contributed by atoms with van der Waals surface area (Å²) >= 11 is 0. The number of aryl methyl sites for hydroxylation is 1. The summed E-state index contributed by atoms with van der Waals surface area (Å²) < 4.78 is 5.38. The van der Waals surface area contributed by atoms with Crippen LogP contribution in [0, 0.1) is 6.92 Å². The van der Waals surface area contributed by atoms with Crippen molar-refractivity contribution >= 4 is 17.3 Å². The number of carboxylic acids is 1.